The maximum absolute atomic E-state index is 13.5. The minimum Gasteiger partial charge on any atom is -0.314 e. The predicted octanol–water partition coefficient (Wildman–Crippen LogP) is 4.04. The van der Waals surface area contributed by atoms with Gasteiger partial charge in [0.05, 0.1) is 5.56 Å². The normalized spacial score (nSPS) is 20.3. The van der Waals surface area contributed by atoms with Crippen LogP contribution in [0.1, 0.15) is 30.0 Å². The number of rotatable bonds is 3. The molecule has 1 aliphatic heterocycles. The Hall–Kier alpha value is -0.560. The molecule has 1 saturated heterocycles. The van der Waals surface area contributed by atoms with E-state index in [0.717, 1.165) is 44.1 Å². The van der Waals surface area contributed by atoms with Gasteiger partial charge in [0.2, 0.25) is 0 Å². The van der Waals surface area contributed by atoms with Gasteiger partial charge in [-0.05, 0) is 42.5 Å². The average Bonchev–Trinajstić information content (AvgIpc) is 3.23. The van der Waals surface area contributed by atoms with Gasteiger partial charge in [0.1, 0.15) is 5.82 Å². The van der Waals surface area contributed by atoms with Crippen LogP contribution in [0.5, 0.6) is 0 Å². The molecule has 132 valence electrons. The first-order chi connectivity index (χ1) is 9.97. The Morgan fingerprint density at radius 3 is 2.22 bits per heavy atom. The highest BCUT2D eigenvalue weighted by Crippen LogP contribution is 2.48. The van der Waals surface area contributed by atoms with E-state index in [1.165, 1.54) is 0 Å². The second-order valence-electron chi connectivity index (χ2n) is 5.80. The molecule has 1 aromatic carbocycles. The van der Waals surface area contributed by atoms with E-state index in [4.69, 9.17) is 0 Å². The second kappa shape index (κ2) is 8.01. The van der Waals surface area contributed by atoms with Crippen LogP contribution in [0.25, 0.3) is 0 Å². The molecule has 1 atom stereocenters. The standard InChI is InChI=1S/C15H18F4N2.2ClH/c16-11-3-4-13(15(17,18)19)12(9-11)14(10-1-2-10)21-7-5-20-6-8-21;;/h3-4,9-10,14,20H,1-2,5-8H2;2*1H/t14-;;/m0../s1. The fourth-order valence-corrected chi connectivity index (χ4v) is 3.16. The zero-order chi connectivity index (χ0) is 15.0. The molecule has 1 aliphatic carbocycles. The summed E-state index contributed by atoms with van der Waals surface area (Å²) in [6.45, 7) is 2.93. The van der Waals surface area contributed by atoms with Gasteiger partial charge in [0.15, 0.2) is 0 Å². The van der Waals surface area contributed by atoms with E-state index in [9.17, 15) is 17.6 Å². The largest absolute Gasteiger partial charge is 0.416 e. The van der Waals surface area contributed by atoms with Crippen LogP contribution in [0, 0.1) is 11.7 Å². The molecule has 1 aromatic rings. The molecular formula is C15H20Cl2F4N2. The van der Waals surface area contributed by atoms with Gasteiger partial charge in [-0.15, -0.1) is 24.8 Å². The van der Waals surface area contributed by atoms with Crippen molar-refractivity contribution in [3.63, 3.8) is 0 Å². The highest BCUT2D eigenvalue weighted by molar-refractivity contribution is 5.85. The molecule has 0 spiro atoms. The Morgan fingerprint density at radius 1 is 1.09 bits per heavy atom. The van der Waals surface area contributed by atoms with Crippen LogP contribution in [0.4, 0.5) is 17.6 Å². The van der Waals surface area contributed by atoms with Gasteiger partial charge < -0.3 is 5.32 Å². The molecule has 2 fully saturated rings. The zero-order valence-corrected chi connectivity index (χ0v) is 14.0. The number of benzene rings is 1. The number of piperazine rings is 1. The van der Waals surface area contributed by atoms with Crippen molar-refractivity contribution in [2.45, 2.75) is 25.1 Å². The third kappa shape index (κ3) is 4.72. The Morgan fingerprint density at radius 2 is 1.70 bits per heavy atom. The van der Waals surface area contributed by atoms with Gasteiger partial charge in [0.25, 0.3) is 0 Å². The van der Waals surface area contributed by atoms with Crippen molar-refractivity contribution < 1.29 is 17.6 Å². The van der Waals surface area contributed by atoms with Crippen LogP contribution in [0.15, 0.2) is 18.2 Å². The molecule has 23 heavy (non-hydrogen) atoms. The smallest absolute Gasteiger partial charge is 0.314 e. The summed E-state index contributed by atoms with van der Waals surface area (Å²) in [6, 6.07) is 2.53. The first-order valence-electron chi connectivity index (χ1n) is 7.28. The first-order valence-corrected chi connectivity index (χ1v) is 7.28. The number of hydrogen-bond acceptors (Lipinski definition) is 2. The van der Waals surface area contributed by atoms with Crippen molar-refractivity contribution in [3.8, 4) is 0 Å². The molecule has 2 aliphatic rings. The quantitative estimate of drug-likeness (QED) is 0.803. The molecule has 3 rings (SSSR count). The van der Waals surface area contributed by atoms with Crippen molar-refractivity contribution in [2.24, 2.45) is 5.92 Å². The summed E-state index contributed by atoms with van der Waals surface area (Å²) in [5.41, 5.74) is -0.591. The van der Waals surface area contributed by atoms with E-state index in [0.29, 0.717) is 13.1 Å². The minimum atomic E-state index is -4.44. The molecule has 1 heterocycles. The number of alkyl halides is 3. The zero-order valence-electron chi connectivity index (χ0n) is 12.4. The molecule has 2 nitrogen and oxygen atoms in total. The van der Waals surface area contributed by atoms with Crippen LogP contribution in [0.2, 0.25) is 0 Å². The van der Waals surface area contributed by atoms with Crippen LogP contribution >= 0.6 is 24.8 Å². The number of halogens is 6. The lowest BCUT2D eigenvalue weighted by atomic mass is 9.94. The summed E-state index contributed by atoms with van der Waals surface area (Å²) in [5.74, 6) is -0.384. The molecule has 8 heteroatoms. The number of nitrogens with one attached hydrogen (secondary N) is 1. The second-order valence-corrected chi connectivity index (χ2v) is 5.80. The fourth-order valence-electron chi connectivity index (χ4n) is 3.16. The first kappa shape index (κ1) is 20.5. The predicted molar refractivity (Wildman–Crippen MR) is 85.8 cm³/mol. The van der Waals surface area contributed by atoms with Crippen LogP contribution in [-0.2, 0) is 6.18 Å². The van der Waals surface area contributed by atoms with E-state index in [1.54, 1.807) is 0 Å². The summed E-state index contributed by atoms with van der Waals surface area (Å²) in [6.07, 6.45) is -2.60. The molecular weight excluding hydrogens is 355 g/mol. The summed E-state index contributed by atoms with van der Waals surface area (Å²) in [5, 5.41) is 3.20. The van der Waals surface area contributed by atoms with Gasteiger partial charge in [-0.2, -0.15) is 13.2 Å². The maximum atomic E-state index is 13.5. The SMILES string of the molecule is Cl.Cl.Fc1ccc(C(F)(F)F)c([C@H](C2CC2)N2CCNCC2)c1. The average molecular weight is 375 g/mol. The molecule has 0 bridgehead atoms. The molecule has 0 aromatic heterocycles. The Bertz CT molecular complexity index is 515. The third-order valence-electron chi connectivity index (χ3n) is 4.25. The summed E-state index contributed by atoms with van der Waals surface area (Å²) < 4.78 is 53.3. The lowest BCUT2D eigenvalue weighted by Crippen LogP contribution is -2.46. The highest BCUT2D eigenvalue weighted by Gasteiger charge is 2.42. The molecule has 1 saturated carbocycles. The third-order valence-corrected chi connectivity index (χ3v) is 4.25. The van der Waals surface area contributed by atoms with E-state index in [2.05, 4.69) is 10.2 Å². The van der Waals surface area contributed by atoms with Crippen LogP contribution < -0.4 is 5.32 Å². The van der Waals surface area contributed by atoms with E-state index in [1.807, 2.05) is 0 Å². The molecule has 0 amide bonds. The summed E-state index contributed by atoms with van der Waals surface area (Å²) in [7, 11) is 0. The van der Waals surface area contributed by atoms with Gasteiger partial charge in [-0.25, -0.2) is 4.39 Å². The summed E-state index contributed by atoms with van der Waals surface area (Å²) in [4.78, 5) is 2.07. The Kier molecular flexibility index (Phi) is 7.13. The van der Waals surface area contributed by atoms with Gasteiger partial charge in [-0.3, -0.25) is 4.90 Å². The number of nitrogens with zero attached hydrogens (tertiary/aromatic N) is 1. The lowest BCUT2D eigenvalue weighted by molar-refractivity contribution is -0.139. The van der Waals surface area contributed by atoms with Gasteiger partial charge in [-0.1, -0.05) is 0 Å². The van der Waals surface area contributed by atoms with Crippen LogP contribution in [0.3, 0.4) is 0 Å². The van der Waals surface area contributed by atoms with E-state index < -0.39 is 17.6 Å². The van der Waals surface area contributed by atoms with Crippen molar-refractivity contribution in [1.29, 1.82) is 0 Å². The Balaban J connectivity index is 0.00000132. The van der Waals surface area contributed by atoms with Crippen molar-refractivity contribution in [1.82, 2.24) is 10.2 Å². The highest BCUT2D eigenvalue weighted by atomic mass is 35.5. The number of hydrogen-bond donors (Lipinski definition) is 1. The van der Waals surface area contributed by atoms with Crippen molar-refractivity contribution in [2.75, 3.05) is 26.2 Å². The fraction of sp³-hybridized carbons (Fsp3) is 0.600. The minimum absolute atomic E-state index is 0. The van der Waals surface area contributed by atoms with E-state index in [-0.39, 0.29) is 42.3 Å². The van der Waals surface area contributed by atoms with Gasteiger partial charge in [0, 0.05) is 32.2 Å². The summed E-state index contributed by atoms with van der Waals surface area (Å²) >= 11 is 0. The Labute approximate surface area is 145 Å². The topological polar surface area (TPSA) is 15.3 Å². The molecule has 0 radical (unpaired) electrons. The molecule has 0 unspecified atom stereocenters. The van der Waals surface area contributed by atoms with E-state index >= 15 is 0 Å². The maximum Gasteiger partial charge on any atom is 0.416 e. The monoisotopic (exact) mass is 374 g/mol. The van der Waals surface area contributed by atoms with Gasteiger partial charge >= 0.3 is 6.18 Å². The molecule has 1 N–H and O–H groups in total. The lowest BCUT2D eigenvalue weighted by Gasteiger charge is -2.36. The van der Waals surface area contributed by atoms with Crippen molar-refractivity contribution in [3.05, 3.63) is 35.1 Å². The van der Waals surface area contributed by atoms with Crippen LogP contribution in [-0.4, -0.2) is 31.1 Å². The van der Waals surface area contributed by atoms with Crippen molar-refractivity contribution >= 4 is 24.8 Å².